The van der Waals surface area contributed by atoms with Gasteiger partial charge in [-0.15, -0.1) is 0 Å². The molecular weight excluding hydrogens is 661 g/mol. The molecule has 0 aliphatic carbocycles. The topological polar surface area (TPSA) is 56.7 Å². The minimum atomic E-state index is 0.588. The molecule has 8 aromatic carbocycles. The van der Waals surface area contributed by atoms with Gasteiger partial charge in [0.05, 0.1) is 16.7 Å². The van der Waals surface area contributed by atoms with E-state index >= 15 is 0 Å². The van der Waals surface area contributed by atoms with Gasteiger partial charge in [0, 0.05) is 38.2 Å². The molecule has 0 saturated heterocycles. The largest absolute Gasteiger partial charge is 0.454 e. The van der Waals surface area contributed by atoms with Crippen molar-refractivity contribution in [3.8, 4) is 51.0 Å². The van der Waals surface area contributed by atoms with Crippen LogP contribution >= 0.6 is 0 Å². The summed E-state index contributed by atoms with van der Waals surface area (Å²) in [4.78, 5) is 15.2. The lowest BCUT2D eigenvalue weighted by Gasteiger charge is -2.13. The molecule has 0 bridgehead atoms. The zero-order valence-electron chi connectivity index (χ0n) is 29.0. The standard InChI is InChI=1S/C49H30N4O/c1-4-14-31(15-5-1)35-24-26-37-42(30-35)53(40-28-25-32-16-10-11-21-36(32)44(37)40)41-29-27-39(45-38-22-12-13-23-43(38)54-46(41)45)49-51-47(33-17-6-2-7-18-33)50-48(52-49)34-19-8-3-9-20-34/h1-30H. The zero-order chi connectivity index (χ0) is 35.6. The Kier molecular flexibility index (Phi) is 6.79. The molecule has 11 rings (SSSR count). The smallest absolute Gasteiger partial charge is 0.164 e. The predicted octanol–water partition coefficient (Wildman–Crippen LogP) is 12.7. The lowest BCUT2D eigenvalue weighted by molar-refractivity contribution is 0.666. The Morgan fingerprint density at radius 3 is 1.72 bits per heavy atom. The minimum Gasteiger partial charge on any atom is -0.454 e. The molecule has 0 spiro atoms. The zero-order valence-corrected chi connectivity index (χ0v) is 29.0. The van der Waals surface area contributed by atoms with Gasteiger partial charge in [-0.05, 0) is 52.2 Å². The molecule has 5 heteroatoms. The summed E-state index contributed by atoms with van der Waals surface area (Å²) in [5.74, 6) is 1.82. The lowest BCUT2D eigenvalue weighted by atomic mass is 10.0. The van der Waals surface area contributed by atoms with Crippen LogP contribution in [0.4, 0.5) is 0 Å². The summed E-state index contributed by atoms with van der Waals surface area (Å²) >= 11 is 0. The predicted molar refractivity (Wildman–Crippen MR) is 221 cm³/mol. The van der Waals surface area contributed by atoms with Crippen LogP contribution < -0.4 is 0 Å². The van der Waals surface area contributed by atoms with E-state index in [1.807, 2.05) is 72.8 Å². The van der Waals surface area contributed by atoms with E-state index in [0.717, 1.165) is 60.9 Å². The third-order valence-electron chi connectivity index (χ3n) is 10.4. The van der Waals surface area contributed by atoms with Crippen molar-refractivity contribution in [3.05, 3.63) is 182 Å². The average molecular weight is 691 g/mol. The summed E-state index contributed by atoms with van der Waals surface area (Å²) < 4.78 is 9.28. The van der Waals surface area contributed by atoms with Crippen LogP contribution in [0.15, 0.2) is 186 Å². The van der Waals surface area contributed by atoms with E-state index in [4.69, 9.17) is 19.4 Å². The van der Waals surface area contributed by atoms with Crippen molar-refractivity contribution < 1.29 is 4.42 Å². The Morgan fingerprint density at radius 2 is 1.00 bits per heavy atom. The van der Waals surface area contributed by atoms with E-state index in [1.165, 1.54) is 27.1 Å². The Labute approximate surface area is 310 Å². The second-order valence-electron chi connectivity index (χ2n) is 13.6. The number of rotatable bonds is 5. The molecule has 0 N–H and O–H groups in total. The molecule has 0 aliphatic heterocycles. The van der Waals surface area contributed by atoms with Gasteiger partial charge >= 0.3 is 0 Å². The number of benzene rings is 8. The number of aromatic nitrogens is 4. The Bertz CT molecular complexity index is 3140. The van der Waals surface area contributed by atoms with Gasteiger partial charge in [-0.3, -0.25) is 0 Å². The van der Waals surface area contributed by atoms with Gasteiger partial charge in [-0.2, -0.15) is 0 Å². The number of furan rings is 1. The highest BCUT2D eigenvalue weighted by Gasteiger charge is 2.23. The van der Waals surface area contributed by atoms with Crippen molar-refractivity contribution in [2.75, 3.05) is 0 Å². The number of fused-ring (bicyclic) bond motifs is 8. The molecule has 0 radical (unpaired) electrons. The second kappa shape index (κ2) is 12.1. The SMILES string of the molecule is c1ccc(-c2ccc3c4c5ccccc5ccc4n(-c4ccc(-c5nc(-c6ccccc6)nc(-c6ccccc6)n5)c5c4oc4ccccc45)c3c2)cc1. The third kappa shape index (κ3) is 4.76. The molecule has 5 nitrogen and oxygen atoms in total. The first-order valence-corrected chi connectivity index (χ1v) is 18.1. The Morgan fingerprint density at radius 1 is 0.389 bits per heavy atom. The van der Waals surface area contributed by atoms with Crippen LogP contribution in [0.2, 0.25) is 0 Å². The van der Waals surface area contributed by atoms with Crippen LogP contribution in [0.1, 0.15) is 0 Å². The van der Waals surface area contributed by atoms with E-state index in [1.54, 1.807) is 0 Å². The van der Waals surface area contributed by atoms with Crippen LogP contribution in [0, 0.1) is 0 Å². The molecule has 0 aliphatic rings. The maximum atomic E-state index is 6.91. The van der Waals surface area contributed by atoms with E-state index < -0.39 is 0 Å². The highest BCUT2D eigenvalue weighted by atomic mass is 16.3. The molecule has 0 atom stereocenters. The monoisotopic (exact) mass is 690 g/mol. The molecule has 3 aromatic heterocycles. The van der Waals surface area contributed by atoms with Crippen molar-refractivity contribution >= 4 is 54.5 Å². The second-order valence-corrected chi connectivity index (χ2v) is 13.6. The molecule has 3 heterocycles. The van der Waals surface area contributed by atoms with E-state index in [-0.39, 0.29) is 0 Å². The van der Waals surface area contributed by atoms with Crippen LogP contribution in [-0.4, -0.2) is 19.5 Å². The summed E-state index contributed by atoms with van der Waals surface area (Å²) in [6.07, 6.45) is 0. The van der Waals surface area contributed by atoms with Gasteiger partial charge in [0.25, 0.3) is 0 Å². The fraction of sp³-hybridized carbons (Fsp3) is 0. The maximum Gasteiger partial charge on any atom is 0.164 e. The summed E-state index contributed by atoms with van der Waals surface area (Å²) in [6.45, 7) is 0. The number of para-hydroxylation sites is 1. The highest BCUT2D eigenvalue weighted by molar-refractivity contribution is 6.23. The van der Waals surface area contributed by atoms with E-state index in [2.05, 4.69) is 114 Å². The first kappa shape index (κ1) is 30.3. The fourth-order valence-electron chi connectivity index (χ4n) is 7.96. The fourth-order valence-corrected chi connectivity index (χ4v) is 7.96. The molecule has 11 aromatic rings. The quantitative estimate of drug-likeness (QED) is 0.180. The van der Waals surface area contributed by atoms with Gasteiger partial charge in [0.1, 0.15) is 5.58 Å². The summed E-state index contributed by atoms with van der Waals surface area (Å²) in [5.41, 5.74) is 9.80. The molecule has 0 saturated carbocycles. The first-order valence-electron chi connectivity index (χ1n) is 18.1. The summed E-state index contributed by atoms with van der Waals surface area (Å²) in [6, 6.07) is 63.2. The molecule has 0 amide bonds. The Hall–Kier alpha value is -7.37. The van der Waals surface area contributed by atoms with Crippen molar-refractivity contribution in [3.63, 3.8) is 0 Å². The highest BCUT2D eigenvalue weighted by Crippen LogP contribution is 2.44. The van der Waals surface area contributed by atoms with Crippen LogP contribution in [0.3, 0.4) is 0 Å². The molecule has 54 heavy (non-hydrogen) atoms. The van der Waals surface area contributed by atoms with Gasteiger partial charge in [0.15, 0.2) is 23.1 Å². The number of nitrogens with zero attached hydrogens (tertiary/aromatic N) is 4. The number of hydrogen-bond donors (Lipinski definition) is 0. The van der Waals surface area contributed by atoms with Crippen LogP contribution in [-0.2, 0) is 0 Å². The first-order chi connectivity index (χ1) is 26.8. The molecule has 0 unspecified atom stereocenters. The van der Waals surface area contributed by atoms with Gasteiger partial charge in [-0.1, -0.05) is 152 Å². The van der Waals surface area contributed by atoms with Crippen molar-refractivity contribution in [1.29, 1.82) is 0 Å². The third-order valence-corrected chi connectivity index (χ3v) is 10.4. The van der Waals surface area contributed by atoms with Crippen molar-refractivity contribution in [2.24, 2.45) is 0 Å². The molecule has 252 valence electrons. The van der Waals surface area contributed by atoms with Crippen molar-refractivity contribution in [1.82, 2.24) is 19.5 Å². The van der Waals surface area contributed by atoms with E-state index in [9.17, 15) is 0 Å². The van der Waals surface area contributed by atoms with Crippen LogP contribution in [0.5, 0.6) is 0 Å². The maximum absolute atomic E-state index is 6.91. The van der Waals surface area contributed by atoms with Gasteiger partial charge in [0.2, 0.25) is 0 Å². The number of hydrogen-bond acceptors (Lipinski definition) is 4. The van der Waals surface area contributed by atoms with Gasteiger partial charge < -0.3 is 8.98 Å². The van der Waals surface area contributed by atoms with Crippen molar-refractivity contribution in [2.45, 2.75) is 0 Å². The van der Waals surface area contributed by atoms with E-state index in [0.29, 0.717) is 17.5 Å². The normalized spacial score (nSPS) is 11.7. The van der Waals surface area contributed by atoms with Crippen LogP contribution in [0.25, 0.3) is 105 Å². The lowest BCUT2D eigenvalue weighted by Crippen LogP contribution is -2.01. The molecular formula is C49H30N4O. The average Bonchev–Trinajstić information content (AvgIpc) is 3.80. The van der Waals surface area contributed by atoms with Gasteiger partial charge in [-0.25, -0.2) is 15.0 Å². The minimum absolute atomic E-state index is 0.588. The molecule has 0 fully saturated rings. The summed E-state index contributed by atoms with van der Waals surface area (Å²) in [7, 11) is 0. The Balaban J connectivity index is 1.23. The summed E-state index contributed by atoms with van der Waals surface area (Å²) in [5, 5.41) is 6.79.